The van der Waals surface area contributed by atoms with Gasteiger partial charge in [-0.25, -0.2) is 0 Å². The quantitative estimate of drug-likeness (QED) is 0.703. The number of nitrogens with zero attached hydrogens (tertiary/aromatic N) is 1. The number of carbonyl (C=O) groups is 1. The molecular formula is C9H12N2O2. The van der Waals surface area contributed by atoms with Crippen molar-refractivity contribution in [1.82, 2.24) is 4.98 Å². The molecule has 3 N–H and O–H groups in total. The molecule has 0 bridgehead atoms. The van der Waals surface area contributed by atoms with Gasteiger partial charge in [-0.2, -0.15) is 0 Å². The Morgan fingerprint density at radius 3 is 3.00 bits per heavy atom. The summed E-state index contributed by atoms with van der Waals surface area (Å²) >= 11 is 0. The summed E-state index contributed by atoms with van der Waals surface area (Å²) in [7, 11) is 0. The van der Waals surface area contributed by atoms with Gasteiger partial charge in [-0.15, -0.1) is 0 Å². The average Bonchev–Trinajstić information content (AvgIpc) is 2.08. The van der Waals surface area contributed by atoms with Crippen molar-refractivity contribution in [2.75, 3.05) is 0 Å². The van der Waals surface area contributed by atoms with Crippen molar-refractivity contribution in [2.24, 2.45) is 5.73 Å². The summed E-state index contributed by atoms with van der Waals surface area (Å²) in [6.45, 7) is 1.84. The van der Waals surface area contributed by atoms with Crippen LogP contribution in [0.4, 0.5) is 0 Å². The van der Waals surface area contributed by atoms with Crippen molar-refractivity contribution in [1.29, 1.82) is 0 Å². The molecule has 0 fully saturated rings. The van der Waals surface area contributed by atoms with Gasteiger partial charge in [0, 0.05) is 18.3 Å². The Morgan fingerprint density at radius 2 is 2.46 bits per heavy atom. The van der Waals surface area contributed by atoms with Crippen LogP contribution in [0.2, 0.25) is 0 Å². The fraction of sp³-hybridized carbons (Fsp3) is 0.333. The average molecular weight is 180 g/mol. The second-order valence-corrected chi connectivity index (χ2v) is 2.90. The first-order chi connectivity index (χ1) is 6.11. The minimum absolute atomic E-state index is 0.328. The fourth-order valence-electron chi connectivity index (χ4n) is 1.06. The summed E-state index contributed by atoms with van der Waals surface area (Å²) in [6.07, 6.45) is 2.00. The summed E-state index contributed by atoms with van der Waals surface area (Å²) < 4.78 is 0. The van der Waals surface area contributed by atoms with E-state index in [4.69, 9.17) is 10.8 Å². The molecule has 0 unspecified atom stereocenters. The molecule has 0 amide bonds. The predicted octanol–water partition coefficient (Wildman–Crippen LogP) is 0.344. The SMILES string of the molecule is Cc1ncccc1C[C@@H](N)C(=O)O. The van der Waals surface area contributed by atoms with Crippen LogP contribution in [0, 0.1) is 6.92 Å². The Bertz CT molecular complexity index is 312. The molecule has 4 heteroatoms. The van der Waals surface area contributed by atoms with E-state index in [-0.39, 0.29) is 0 Å². The van der Waals surface area contributed by atoms with Crippen LogP contribution in [0.25, 0.3) is 0 Å². The van der Waals surface area contributed by atoms with E-state index in [2.05, 4.69) is 4.98 Å². The molecule has 70 valence electrons. The van der Waals surface area contributed by atoms with Crippen molar-refractivity contribution in [3.63, 3.8) is 0 Å². The van der Waals surface area contributed by atoms with Crippen LogP contribution in [0.1, 0.15) is 11.3 Å². The van der Waals surface area contributed by atoms with Gasteiger partial charge in [0.1, 0.15) is 6.04 Å². The van der Waals surface area contributed by atoms with Crippen molar-refractivity contribution >= 4 is 5.97 Å². The normalized spacial score (nSPS) is 12.5. The van der Waals surface area contributed by atoms with Gasteiger partial charge >= 0.3 is 5.97 Å². The predicted molar refractivity (Wildman–Crippen MR) is 48.3 cm³/mol. The number of aromatic nitrogens is 1. The molecule has 0 radical (unpaired) electrons. The molecule has 13 heavy (non-hydrogen) atoms. The number of hydrogen-bond donors (Lipinski definition) is 2. The number of nitrogens with two attached hydrogens (primary N) is 1. The molecule has 0 saturated carbocycles. The highest BCUT2D eigenvalue weighted by Crippen LogP contribution is 2.05. The second kappa shape index (κ2) is 4.00. The Labute approximate surface area is 76.4 Å². The van der Waals surface area contributed by atoms with E-state index in [0.717, 1.165) is 11.3 Å². The summed E-state index contributed by atoms with van der Waals surface area (Å²) in [5.41, 5.74) is 7.11. The highest BCUT2D eigenvalue weighted by molar-refractivity contribution is 5.73. The maximum atomic E-state index is 10.5. The van der Waals surface area contributed by atoms with Gasteiger partial charge in [-0.1, -0.05) is 6.07 Å². The van der Waals surface area contributed by atoms with E-state index in [1.165, 1.54) is 0 Å². The van der Waals surface area contributed by atoms with Crippen molar-refractivity contribution in [3.05, 3.63) is 29.6 Å². The summed E-state index contributed by atoms with van der Waals surface area (Å²) in [4.78, 5) is 14.5. The maximum absolute atomic E-state index is 10.5. The summed E-state index contributed by atoms with van der Waals surface area (Å²) in [5, 5.41) is 8.59. The highest BCUT2D eigenvalue weighted by Gasteiger charge is 2.13. The molecule has 1 rings (SSSR count). The van der Waals surface area contributed by atoms with Gasteiger partial charge in [0.25, 0.3) is 0 Å². The molecule has 0 aliphatic heterocycles. The first-order valence-corrected chi connectivity index (χ1v) is 4.00. The van der Waals surface area contributed by atoms with E-state index in [1.807, 2.05) is 13.0 Å². The third-order valence-corrected chi connectivity index (χ3v) is 1.87. The lowest BCUT2D eigenvalue weighted by Gasteiger charge is -2.07. The summed E-state index contributed by atoms with van der Waals surface area (Å²) in [5.74, 6) is -0.983. The van der Waals surface area contributed by atoms with Crippen molar-refractivity contribution < 1.29 is 9.90 Å². The minimum Gasteiger partial charge on any atom is -0.480 e. The van der Waals surface area contributed by atoms with Crippen LogP contribution < -0.4 is 5.73 Å². The molecule has 1 aromatic heterocycles. The zero-order valence-corrected chi connectivity index (χ0v) is 7.40. The highest BCUT2D eigenvalue weighted by atomic mass is 16.4. The summed E-state index contributed by atoms with van der Waals surface area (Å²) in [6, 6.07) is 2.77. The monoisotopic (exact) mass is 180 g/mol. The van der Waals surface area contributed by atoms with Gasteiger partial charge in [-0.05, 0) is 18.6 Å². The standard InChI is InChI=1S/C9H12N2O2/c1-6-7(3-2-4-11-6)5-8(10)9(12)13/h2-4,8H,5,10H2,1H3,(H,12,13)/t8-/m1/s1. The lowest BCUT2D eigenvalue weighted by molar-refractivity contribution is -0.138. The number of aryl methyl sites for hydroxylation is 1. The van der Waals surface area contributed by atoms with Crippen LogP contribution in [0.3, 0.4) is 0 Å². The van der Waals surface area contributed by atoms with Gasteiger partial charge in [-0.3, -0.25) is 9.78 Å². The lowest BCUT2D eigenvalue weighted by Crippen LogP contribution is -2.32. The Morgan fingerprint density at radius 1 is 1.77 bits per heavy atom. The van der Waals surface area contributed by atoms with Gasteiger partial charge < -0.3 is 10.8 Å². The van der Waals surface area contributed by atoms with Crippen molar-refractivity contribution in [2.45, 2.75) is 19.4 Å². The molecule has 4 nitrogen and oxygen atoms in total. The molecule has 0 saturated heterocycles. The largest absolute Gasteiger partial charge is 0.480 e. The van der Waals surface area contributed by atoms with E-state index in [1.54, 1.807) is 12.3 Å². The zero-order chi connectivity index (χ0) is 9.84. The zero-order valence-electron chi connectivity index (χ0n) is 7.40. The number of pyridine rings is 1. The molecule has 1 heterocycles. The topological polar surface area (TPSA) is 76.2 Å². The van der Waals surface area contributed by atoms with Crippen LogP contribution in [-0.4, -0.2) is 22.1 Å². The first-order valence-electron chi connectivity index (χ1n) is 4.00. The molecule has 1 aromatic rings. The van der Waals surface area contributed by atoms with Crippen LogP contribution in [0.15, 0.2) is 18.3 Å². The van der Waals surface area contributed by atoms with Crippen LogP contribution in [-0.2, 0) is 11.2 Å². The smallest absolute Gasteiger partial charge is 0.320 e. The molecule has 0 spiro atoms. The van der Waals surface area contributed by atoms with E-state index in [9.17, 15) is 4.79 Å². The third-order valence-electron chi connectivity index (χ3n) is 1.87. The van der Waals surface area contributed by atoms with Crippen LogP contribution >= 0.6 is 0 Å². The molecule has 0 aliphatic carbocycles. The lowest BCUT2D eigenvalue weighted by atomic mass is 10.1. The second-order valence-electron chi connectivity index (χ2n) is 2.90. The Hall–Kier alpha value is -1.42. The molecular weight excluding hydrogens is 168 g/mol. The molecule has 0 aliphatic rings. The number of carboxylic acids is 1. The van der Waals surface area contributed by atoms with E-state index >= 15 is 0 Å². The van der Waals surface area contributed by atoms with Gasteiger partial charge in [0.15, 0.2) is 0 Å². The third kappa shape index (κ3) is 2.52. The van der Waals surface area contributed by atoms with Gasteiger partial charge in [0.05, 0.1) is 0 Å². The minimum atomic E-state index is -0.983. The Balaban J connectivity index is 2.74. The van der Waals surface area contributed by atoms with Crippen molar-refractivity contribution in [3.8, 4) is 0 Å². The fourth-order valence-corrected chi connectivity index (χ4v) is 1.06. The molecule has 1 atom stereocenters. The number of aliphatic carboxylic acids is 1. The van der Waals surface area contributed by atoms with Crippen LogP contribution in [0.5, 0.6) is 0 Å². The first kappa shape index (κ1) is 9.67. The van der Waals surface area contributed by atoms with Gasteiger partial charge in [0.2, 0.25) is 0 Å². The van der Waals surface area contributed by atoms with E-state index in [0.29, 0.717) is 6.42 Å². The maximum Gasteiger partial charge on any atom is 0.320 e. The van der Waals surface area contributed by atoms with E-state index < -0.39 is 12.0 Å². The number of hydrogen-bond acceptors (Lipinski definition) is 3. The number of carboxylic acid groups (broad SMARTS) is 1. The number of rotatable bonds is 3. The Kier molecular flexibility index (Phi) is 2.97. The molecule has 0 aromatic carbocycles.